The highest BCUT2D eigenvalue weighted by atomic mass is 31.2. The van der Waals surface area contributed by atoms with E-state index in [2.05, 4.69) is 55.4 Å². The Balaban J connectivity index is 5.18. The van der Waals surface area contributed by atoms with E-state index in [4.69, 9.17) is 37.0 Å². The molecule has 0 aliphatic carbocycles. The number of phosphoric ester groups is 2. The van der Waals surface area contributed by atoms with Crippen LogP contribution < -0.4 is 0 Å². The smallest absolute Gasteiger partial charge is 0.462 e. The first-order valence-electron chi connectivity index (χ1n) is 36.7. The van der Waals surface area contributed by atoms with Crippen LogP contribution in [0.2, 0.25) is 0 Å². The summed E-state index contributed by atoms with van der Waals surface area (Å²) in [6.45, 7) is 14.0. The number of phosphoric acid groups is 2. The van der Waals surface area contributed by atoms with Gasteiger partial charge in [-0.2, -0.15) is 0 Å². The van der Waals surface area contributed by atoms with E-state index in [0.29, 0.717) is 37.5 Å². The van der Waals surface area contributed by atoms with Crippen molar-refractivity contribution in [2.45, 2.75) is 369 Å². The lowest BCUT2D eigenvalue weighted by molar-refractivity contribution is -0.161. The molecule has 19 heteroatoms. The van der Waals surface area contributed by atoms with Crippen LogP contribution in [0.5, 0.6) is 0 Å². The maximum absolute atomic E-state index is 13.0. The number of rotatable bonds is 68. The highest BCUT2D eigenvalue weighted by Gasteiger charge is 2.30. The topological polar surface area (TPSA) is 237 Å². The fourth-order valence-corrected chi connectivity index (χ4v) is 12.2. The lowest BCUT2D eigenvalue weighted by atomic mass is 9.99. The van der Waals surface area contributed by atoms with Crippen LogP contribution in [0.25, 0.3) is 0 Å². The molecule has 0 amide bonds. The molecule has 534 valence electrons. The number of hydrogen-bond donors (Lipinski definition) is 3. The Labute approximate surface area is 549 Å². The molecule has 0 fully saturated rings. The standard InChI is InChI=1S/C71H138O17P2/c1-9-64(8)50-42-34-24-20-16-12-10-11-13-17-22-26-37-45-53-70(75)87-66(58-82-69(74)52-44-36-29-27-32-40-48-62(4)5)59-85-89(77,78)83-55-65(72)56-84-90(79,80)86-60-67(88-71(76)54-46-38-30-28-33-41-49-63(6)7)57-81-68(73)51-43-35-25-21-18-14-15-19-23-31-39-47-61(2)3/h61-67,72H,9-60H2,1-8H3,(H,77,78)(H,79,80)/t64?,65-,66+,67+/m0/s1. The van der Waals surface area contributed by atoms with Crippen molar-refractivity contribution in [1.82, 2.24) is 0 Å². The van der Waals surface area contributed by atoms with Crippen molar-refractivity contribution in [2.75, 3.05) is 39.6 Å². The molecule has 17 nitrogen and oxygen atoms in total. The van der Waals surface area contributed by atoms with Crippen LogP contribution in [-0.4, -0.2) is 96.7 Å². The summed E-state index contributed by atoms with van der Waals surface area (Å²) in [5.41, 5.74) is 0. The SMILES string of the molecule is CCC(C)CCCCCCCCCCCCCCCCC(=O)O[C@H](COC(=O)CCCCCCCCC(C)C)COP(=O)(O)OC[C@H](O)COP(=O)(O)OC[C@@H](COC(=O)CCCCCCCCCCCCCC(C)C)OC(=O)CCCCCCCCC(C)C. The summed E-state index contributed by atoms with van der Waals surface area (Å²) < 4.78 is 68.2. The van der Waals surface area contributed by atoms with Gasteiger partial charge in [-0.3, -0.25) is 37.3 Å². The van der Waals surface area contributed by atoms with Gasteiger partial charge in [0.1, 0.15) is 19.3 Å². The molecule has 0 saturated carbocycles. The van der Waals surface area contributed by atoms with E-state index < -0.39 is 97.5 Å². The van der Waals surface area contributed by atoms with Gasteiger partial charge in [0.25, 0.3) is 0 Å². The minimum absolute atomic E-state index is 0.101. The number of esters is 4. The second-order valence-corrected chi connectivity index (χ2v) is 30.2. The molecule has 0 bridgehead atoms. The summed E-state index contributed by atoms with van der Waals surface area (Å²) in [6, 6.07) is 0. The number of aliphatic hydroxyl groups excluding tert-OH is 1. The Morgan fingerprint density at radius 3 is 0.789 bits per heavy atom. The van der Waals surface area contributed by atoms with Gasteiger partial charge >= 0.3 is 39.5 Å². The molecule has 0 aromatic rings. The van der Waals surface area contributed by atoms with Gasteiger partial charge in [-0.15, -0.1) is 0 Å². The Morgan fingerprint density at radius 2 is 0.533 bits per heavy atom. The van der Waals surface area contributed by atoms with Crippen LogP contribution in [0, 0.1) is 23.7 Å². The molecule has 0 saturated heterocycles. The monoisotopic (exact) mass is 1320 g/mol. The third kappa shape index (κ3) is 63.5. The molecule has 0 spiro atoms. The number of ether oxygens (including phenoxy) is 4. The fraction of sp³-hybridized carbons (Fsp3) is 0.944. The first kappa shape index (κ1) is 88.1. The molecule has 0 rings (SSSR count). The lowest BCUT2D eigenvalue weighted by Gasteiger charge is -2.21. The average Bonchev–Trinajstić information content (AvgIpc) is 2.84. The highest BCUT2D eigenvalue weighted by molar-refractivity contribution is 7.47. The molecular weight excluding hydrogens is 1190 g/mol. The molecule has 90 heavy (non-hydrogen) atoms. The molecular formula is C71H138O17P2. The van der Waals surface area contributed by atoms with Gasteiger partial charge in [0, 0.05) is 25.7 Å². The Hall–Kier alpha value is -1.94. The molecule has 0 aromatic carbocycles. The van der Waals surface area contributed by atoms with Crippen molar-refractivity contribution in [1.29, 1.82) is 0 Å². The van der Waals surface area contributed by atoms with Crippen molar-refractivity contribution in [3.05, 3.63) is 0 Å². The third-order valence-corrected chi connectivity index (χ3v) is 18.6. The summed E-state index contributed by atoms with van der Waals surface area (Å²) in [6.07, 6.45) is 43.4. The number of carbonyl (C=O) groups excluding carboxylic acids is 4. The summed E-state index contributed by atoms with van der Waals surface area (Å²) in [5, 5.41) is 10.6. The van der Waals surface area contributed by atoms with E-state index in [-0.39, 0.29) is 25.7 Å². The van der Waals surface area contributed by atoms with Crippen LogP contribution in [0.4, 0.5) is 0 Å². The van der Waals surface area contributed by atoms with Crippen LogP contribution in [0.3, 0.4) is 0 Å². The fourth-order valence-electron chi connectivity index (χ4n) is 10.6. The quantitative estimate of drug-likeness (QED) is 0.0222. The zero-order chi connectivity index (χ0) is 66.8. The van der Waals surface area contributed by atoms with Gasteiger partial charge in [0.05, 0.1) is 26.4 Å². The summed E-state index contributed by atoms with van der Waals surface area (Å²) >= 11 is 0. The van der Waals surface area contributed by atoms with Crippen molar-refractivity contribution >= 4 is 39.5 Å². The first-order chi connectivity index (χ1) is 43.1. The summed E-state index contributed by atoms with van der Waals surface area (Å²) in [4.78, 5) is 72.5. The molecule has 0 aliphatic rings. The number of unbranched alkanes of at least 4 members (excludes halogenated alkanes) is 33. The van der Waals surface area contributed by atoms with Crippen molar-refractivity contribution in [3.8, 4) is 0 Å². The number of aliphatic hydroxyl groups is 1. The summed E-state index contributed by atoms with van der Waals surface area (Å²) in [7, 11) is -9.90. The Kier molecular flexibility index (Phi) is 59.4. The summed E-state index contributed by atoms with van der Waals surface area (Å²) in [5.74, 6) is 0.832. The van der Waals surface area contributed by atoms with Gasteiger partial charge in [0.2, 0.25) is 0 Å². The second kappa shape index (κ2) is 60.7. The normalized spacial score (nSPS) is 14.6. The molecule has 6 atom stereocenters. The highest BCUT2D eigenvalue weighted by Crippen LogP contribution is 2.45. The van der Waals surface area contributed by atoms with Gasteiger partial charge in [-0.05, 0) is 49.4 Å². The molecule has 0 aromatic heterocycles. The van der Waals surface area contributed by atoms with E-state index >= 15 is 0 Å². The Bertz CT molecular complexity index is 1780. The molecule has 3 unspecified atom stereocenters. The predicted molar refractivity (Wildman–Crippen MR) is 363 cm³/mol. The van der Waals surface area contributed by atoms with Gasteiger partial charge < -0.3 is 33.8 Å². The van der Waals surface area contributed by atoms with Crippen LogP contribution >= 0.6 is 15.6 Å². The zero-order valence-electron chi connectivity index (χ0n) is 58.8. The van der Waals surface area contributed by atoms with E-state index in [1.54, 1.807) is 0 Å². The van der Waals surface area contributed by atoms with Crippen LogP contribution in [0.1, 0.15) is 351 Å². The third-order valence-electron chi connectivity index (χ3n) is 16.7. The maximum atomic E-state index is 13.0. The molecule has 0 heterocycles. The zero-order valence-corrected chi connectivity index (χ0v) is 60.6. The second-order valence-electron chi connectivity index (χ2n) is 27.3. The number of hydrogen-bond acceptors (Lipinski definition) is 15. The predicted octanol–water partition coefficient (Wildman–Crippen LogP) is 20.1. The van der Waals surface area contributed by atoms with Gasteiger partial charge in [0.15, 0.2) is 12.2 Å². The van der Waals surface area contributed by atoms with Crippen molar-refractivity contribution in [2.24, 2.45) is 23.7 Å². The van der Waals surface area contributed by atoms with Gasteiger partial charge in [-0.25, -0.2) is 9.13 Å². The largest absolute Gasteiger partial charge is 0.472 e. The van der Waals surface area contributed by atoms with Crippen molar-refractivity contribution in [3.63, 3.8) is 0 Å². The average molecular weight is 1330 g/mol. The number of carbonyl (C=O) groups is 4. The maximum Gasteiger partial charge on any atom is 0.472 e. The van der Waals surface area contributed by atoms with Crippen molar-refractivity contribution < 1.29 is 80.2 Å². The molecule has 3 N–H and O–H groups in total. The van der Waals surface area contributed by atoms with E-state index in [1.807, 2.05) is 0 Å². The van der Waals surface area contributed by atoms with E-state index in [9.17, 15) is 43.2 Å². The molecule has 0 aliphatic heterocycles. The molecule has 0 radical (unpaired) electrons. The van der Waals surface area contributed by atoms with Crippen LogP contribution in [-0.2, 0) is 65.4 Å². The minimum Gasteiger partial charge on any atom is -0.462 e. The van der Waals surface area contributed by atoms with E-state index in [0.717, 1.165) is 108 Å². The Morgan fingerprint density at radius 1 is 0.311 bits per heavy atom. The lowest BCUT2D eigenvalue weighted by Crippen LogP contribution is -2.30. The minimum atomic E-state index is -4.95. The first-order valence-corrected chi connectivity index (χ1v) is 39.7. The van der Waals surface area contributed by atoms with E-state index in [1.165, 1.54) is 148 Å². The van der Waals surface area contributed by atoms with Gasteiger partial charge in [-0.1, -0.05) is 299 Å². The van der Waals surface area contributed by atoms with Crippen LogP contribution in [0.15, 0.2) is 0 Å².